The highest BCUT2D eigenvalue weighted by molar-refractivity contribution is 9.10. The summed E-state index contributed by atoms with van der Waals surface area (Å²) >= 11 is 3.56. The van der Waals surface area contributed by atoms with E-state index in [4.69, 9.17) is 9.47 Å². The molecule has 1 fully saturated rings. The molecule has 0 bridgehead atoms. The summed E-state index contributed by atoms with van der Waals surface area (Å²) in [4.78, 5) is 6.89. The lowest BCUT2D eigenvalue weighted by molar-refractivity contribution is 0.122. The van der Waals surface area contributed by atoms with Crippen LogP contribution in [0.2, 0.25) is 0 Å². The predicted octanol–water partition coefficient (Wildman–Crippen LogP) is 4.35. The van der Waals surface area contributed by atoms with Crippen molar-refractivity contribution in [1.29, 1.82) is 0 Å². The molecule has 3 rings (SSSR count). The predicted molar refractivity (Wildman–Crippen MR) is 102 cm³/mol. The van der Waals surface area contributed by atoms with E-state index in [1.165, 1.54) is 5.56 Å². The van der Waals surface area contributed by atoms with E-state index in [1.54, 1.807) is 7.11 Å². The Morgan fingerprint density at radius 2 is 1.96 bits per heavy atom. The quantitative estimate of drug-likeness (QED) is 0.729. The van der Waals surface area contributed by atoms with Gasteiger partial charge in [-0.25, -0.2) is 0 Å². The molecule has 1 saturated heterocycles. The van der Waals surface area contributed by atoms with Gasteiger partial charge >= 0.3 is 0 Å². The van der Waals surface area contributed by atoms with E-state index in [-0.39, 0.29) is 0 Å². The normalized spacial score (nSPS) is 15.0. The number of hydrogen-bond acceptors (Lipinski definition) is 4. The Labute approximate surface area is 151 Å². The number of aliphatic imine (C=N–C) groups is 1. The Balaban J connectivity index is 1.83. The molecule has 4 nitrogen and oxygen atoms in total. The van der Waals surface area contributed by atoms with Gasteiger partial charge < -0.3 is 14.4 Å². The van der Waals surface area contributed by atoms with Crippen LogP contribution in [0.15, 0.2) is 45.9 Å². The van der Waals surface area contributed by atoms with Gasteiger partial charge in [0.15, 0.2) is 0 Å². The molecular formula is C19H21BrN2O2. The Kier molecular flexibility index (Phi) is 5.53. The summed E-state index contributed by atoms with van der Waals surface area (Å²) in [7, 11) is 1.69. The third-order valence-electron chi connectivity index (χ3n) is 4.04. The fraction of sp³-hybridized carbons (Fsp3) is 0.316. The van der Waals surface area contributed by atoms with Crippen molar-refractivity contribution in [2.24, 2.45) is 4.99 Å². The van der Waals surface area contributed by atoms with Gasteiger partial charge in [-0.05, 0) is 52.7 Å². The zero-order valence-electron chi connectivity index (χ0n) is 14.0. The third-order valence-corrected chi connectivity index (χ3v) is 4.67. The first-order valence-corrected chi connectivity index (χ1v) is 8.77. The van der Waals surface area contributed by atoms with Crippen molar-refractivity contribution in [2.45, 2.75) is 6.92 Å². The zero-order chi connectivity index (χ0) is 16.9. The Bertz CT molecular complexity index is 740. The molecule has 2 aromatic rings. The molecule has 2 aromatic carbocycles. The number of aryl methyl sites for hydroxylation is 1. The minimum absolute atomic E-state index is 0.771. The summed E-state index contributed by atoms with van der Waals surface area (Å²) in [6, 6.07) is 12.3. The van der Waals surface area contributed by atoms with E-state index in [1.807, 2.05) is 12.3 Å². The van der Waals surface area contributed by atoms with Gasteiger partial charge in [-0.3, -0.25) is 4.99 Å². The molecule has 0 aliphatic carbocycles. The maximum Gasteiger partial charge on any atom is 0.129 e. The van der Waals surface area contributed by atoms with Gasteiger partial charge in [0, 0.05) is 41.1 Å². The topological polar surface area (TPSA) is 34.1 Å². The summed E-state index contributed by atoms with van der Waals surface area (Å²) in [6.45, 7) is 5.42. The number of ether oxygens (including phenoxy) is 2. The fourth-order valence-corrected chi connectivity index (χ4v) is 3.28. The maximum absolute atomic E-state index is 5.55. The second-order valence-corrected chi connectivity index (χ2v) is 6.59. The van der Waals surface area contributed by atoms with E-state index in [2.05, 4.69) is 63.1 Å². The van der Waals surface area contributed by atoms with Gasteiger partial charge in [0.25, 0.3) is 0 Å². The highest BCUT2D eigenvalue weighted by Gasteiger charge is 2.13. The molecule has 0 spiro atoms. The average Bonchev–Trinajstić information content (AvgIpc) is 2.61. The minimum Gasteiger partial charge on any atom is -0.496 e. The average molecular weight is 389 g/mol. The number of anilines is 1. The molecule has 0 unspecified atom stereocenters. The number of rotatable bonds is 4. The van der Waals surface area contributed by atoms with Crippen LogP contribution in [-0.2, 0) is 4.74 Å². The van der Waals surface area contributed by atoms with Crippen molar-refractivity contribution in [3.8, 4) is 5.75 Å². The summed E-state index contributed by atoms with van der Waals surface area (Å²) in [5, 5.41) is 0. The van der Waals surface area contributed by atoms with Crippen LogP contribution in [0, 0.1) is 6.92 Å². The Morgan fingerprint density at radius 1 is 1.17 bits per heavy atom. The van der Waals surface area contributed by atoms with E-state index >= 15 is 0 Å². The smallest absolute Gasteiger partial charge is 0.129 e. The highest BCUT2D eigenvalue weighted by Crippen LogP contribution is 2.28. The number of morpholine rings is 1. The van der Waals surface area contributed by atoms with Crippen molar-refractivity contribution < 1.29 is 9.47 Å². The molecule has 1 heterocycles. The molecule has 24 heavy (non-hydrogen) atoms. The molecular weight excluding hydrogens is 368 g/mol. The molecule has 1 aliphatic heterocycles. The second kappa shape index (κ2) is 7.81. The number of halogens is 1. The molecule has 5 heteroatoms. The van der Waals surface area contributed by atoms with Crippen molar-refractivity contribution in [3.05, 3.63) is 52.0 Å². The van der Waals surface area contributed by atoms with Gasteiger partial charge in [-0.15, -0.1) is 0 Å². The summed E-state index contributed by atoms with van der Waals surface area (Å²) in [6.07, 6.45) is 1.84. The standard InChI is InChI=1S/C19H21BrN2O2/c1-14-3-6-18(17(20)11-14)21-13-15-4-5-16(12-19(15)23-2)22-7-9-24-10-8-22/h3-6,11-13H,7-10H2,1-2H3. The van der Waals surface area contributed by atoms with Gasteiger partial charge in [0.1, 0.15) is 5.75 Å². The summed E-state index contributed by atoms with van der Waals surface area (Å²) in [5.74, 6) is 0.825. The number of benzene rings is 2. The SMILES string of the molecule is COc1cc(N2CCOCC2)ccc1C=Nc1ccc(C)cc1Br. The molecule has 126 valence electrons. The van der Waals surface area contributed by atoms with Crippen LogP contribution in [0.4, 0.5) is 11.4 Å². The molecule has 0 N–H and O–H groups in total. The molecule has 0 saturated carbocycles. The molecule has 0 atom stereocenters. The lowest BCUT2D eigenvalue weighted by Gasteiger charge is -2.29. The fourth-order valence-electron chi connectivity index (χ4n) is 2.68. The number of nitrogens with zero attached hydrogens (tertiary/aromatic N) is 2. The molecule has 0 aromatic heterocycles. The highest BCUT2D eigenvalue weighted by atomic mass is 79.9. The van der Waals surface area contributed by atoms with Gasteiger partial charge in [0.2, 0.25) is 0 Å². The van der Waals surface area contributed by atoms with E-state index in [0.717, 1.165) is 53.5 Å². The van der Waals surface area contributed by atoms with E-state index in [9.17, 15) is 0 Å². The lowest BCUT2D eigenvalue weighted by Crippen LogP contribution is -2.36. The second-order valence-electron chi connectivity index (χ2n) is 5.74. The monoisotopic (exact) mass is 388 g/mol. The van der Waals surface area contributed by atoms with Crippen molar-refractivity contribution in [3.63, 3.8) is 0 Å². The van der Waals surface area contributed by atoms with Crippen LogP contribution >= 0.6 is 15.9 Å². The van der Waals surface area contributed by atoms with Crippen LogP contribution < -0.4 is 9.64 Å². The summed E-state index contributed by atoms with van der Waals surface area (Å²) in [5.41, 5.74) is 4.22. The van der Waals surface area contributed by atoms with Crippen LogP contribution in [0.5, 0.6) is 5.75 Å². The summed E-state index contributed by atoms with van der Waals surface area (Å²) < 4.78 is 12.0. The first-order chi connectivity index (χ1) is 11.7. The molecule has 0 amide bonds. The Hall–Kier alpha value is -1.85. The van der Waals surface area contributed by atoms with Crippen LogP contribution in [0.3, 0.4) is 0 Å². The lowest BCUT2D eigenvalue weighted by atomic mass is 10.1. The van der Waals surface area contributed by atoms with Gasteiger partial charge in [0.05, 0.1) is 26.0 Å². The van der Waals surface area contributed by atoms with Crippen LogP contribution in [-0.4, -0.2) is 39.6 Å². The maximum atomic E-state index is 5.55. The first kappa shape index (κ1) is 17.0. The molecule has 1 aliphatic rings. The molecule has 0 radical (unpaired) electrons. The largest absolute Gasteiger partial charge is 0.496 e. The van der Waals surface area contributed by atoms with Crippen LogP contribution in [0.25, 0.3) is 0 Å². The van der Waals surface area contributed by atoms with E-state index < -0.39 is 0 Å². The van der Waals surface area contributed by atoms with Crippen molar-refractivity contribution in [2.75, 3.05) is 38.3 Å². The zero-order valence-corrected chi connectivity index (χ0v) is 15.5. The van der Waals surface area contributed by atoms with Gasteiger partial charge in [-0.1, -0.05) is 6.07 Å². The van der Waals surface area contributed by atoms with Crippen molar-refractivity contribution >= 4 is 33.5 Å². The first-order valence-electron chi connectivity index (χ1n) is 7.98. The van der Waals surface area contributed by atoms with Crippen LogP contribution in [0.1, 0.15) is 11.1 Å². The Morgan fingerprint density at radius 3 is 2.67 bits per heavy atom. The van der Waals surface area contributed by atoms with Crippen molar-refractivity contribution in [1.82, 2.24) is 0 Å². The number of hydrogen-bond donors (Lipinski definition) is 0. The van der Waals surface area contributed by atoms with Gasteiger partial charge in [-0.2, -0.15) is 0 Å². The minimum atomic E-state index is 0.771. The number of methoxy groups -OCH3 is 1. The van der Waals surface area contributed by atoms with E-state index in [0.29, 0.717) is 0 Å². The third kappa shape index (κ3) is 3.97.